The quantitative estimate of drug-likeness (QED) is 0.352. The molecule has 0 aliphatic heterocycles. The lowest BCUT2D eigenvalue weighted by atomic mass is 9.98. The molecule has 0 fully saturated rings. The van der Waals surface area contributed by atoms with Crippen molar-refractivity contribution in [3.05, 3.63) is 77.4 Å². The van der Waals surface area contributed by atoms with Gasteiger partial charge < -0.3 is 9.64 Å². The number of Topliss-reactive ketones (excluding diaryl/α,β-unsaturated/α-hetero) is 1. The molecule has 166 valence electrons. The summed E-state index contributed by atoms with van der Waals surface area (Å²) in [5.41, 5.74) is 4.61. The number of rotatable bonds is 8. The van der Waals surface area contributed by atoms with E-state index < -0.39 is 5.95 Å². The lowest BCUT2D eigenvalue weighted by Crippen LogP contribution is -2.24. The molecule has 0 N–H and O–H groups in total. The Kier molecular flexibility index (Phi) is 7.36. The Balaban J connectivity index is 1.76. The Morgan fingerprint density at radius 3 is 2.41 bits per heavy atom. The van der Waals surface area contributed by atoms with E-state index in [1.165, 1.54) is 6.07 Å². The van der Waals surface area contributed by atoms with Gasteiger partial charge >= 0.3 is 0 Å². The van der Waals surface area contributed by atoms with Crippen molar-refractivity contribution >= 4 is 17.4 Å². The fraction of sp³-hybridized carbons (Fsp3) is 0.269. The fourth-order valence-electron chi connectivity index (χ4n) is 3.56. The van der Waals surface area contributed by atoms with Crippen LogP contribution >= 0.6 is 0 Å². The predicted molar refractivity (Wildman–Crippen MR) is 124 cm³/mol. The van der Waals surface area contributed by atoms with E-state index in [9.17, 15) is 14.0 Å². The molecule has 0 aliphatic rings. The van der Waals surface area contributed by atoms with Crippen molar-refractivity contribution in [2.45, 2.75) is 33.1 Å². The molecule has 2 aromatic carbocycles. The molecule has 1 amide bonds. The molecule has 0 bridgehead atoms. The van der Waals surface area contributed by atoms with Gasteiger partial charge in [0.05, 0.1) is 7.11 Å². The zero-order valence-electron chi connectivity index (χ0n) is 18.8. The van der Waals surface area contributed by atoms with Gasteiger partial charge in [-0.05, 0) is 54.8 Å². The lowest BCUT2D eigenvalue weighted by Gasteiger charge is -2.17. The topological polar surface area (TPSA) is 59.5 Å². The summed E-state index contributed by atoms with van der Waals surface area (Å²) in [4.78, 5) is 30.1. The second-order valence-electron chi connectivity index (χ2n) is 7.57. The number of ketones is 1. The van der Waals surface area contributed by atoms with Crippen molar-refractivity contribution in [2.24, 2.45) is 0 Å². The number of ether oxygens (including phenoxy) is 1. The number of aryl methyl sites for hydroxylation is 2. The van der Waals surface area contributed by atoms with Crippen LogP contribution in [0.15, 0.2) is 54.6 Å². The van der Waals surface area contributed by atoms with Crippen molar-refractivity contribution in [1.29, 1.82) is 0 Å². The van der Waals surface area contributed by atoms with Crippen LogP contribution in [0.1, 0.15) is 41.4 Å². The summed E-state index contributed by atoms with van der Waals surface area (Å²) < 4.78 is 18.7. The Hall–Kier alpha value is -3.54. The minimum atomic E-state index is -0.519. The third-order valence-corrected chi connectivity index (χ3v) is 5.55. The molecule has 3 rings (SSSR count). The van der Waals surface area contributed by atoms with Gasteiger partial charge in [-0.25, -0.2) is 4.98 Å². The van der Waals surface area contributed by atoms with Crippen LogP contribution in [-0.4, -0.2) is 30.8 Å². The average molecular weight is 435 g/mol. The number of pyridine rings is 1. The van der Waals surface area contributed by atoms with Gasteiger partial charge in [0, 0.05) is 42.4 Å². The molecule has 0 unspecified atom stereocenters. The fourth-order valence-corrected chi connectivity index (χ4v) is 3.56. The molecule has 5 nitrogen and oxygen atoms in total. The Morgan fingerprint density at radius 1 is 1.06 bits per heavy atom. The van der Waals surface area contributed by atoms with Crippen LogP contribution in [0.5, 0.6) is 5.75 Å². The molecule has 0 radical (unpaired) electrons. The van der Waals surface area contributed by atoms with Crippen molar-refractivity contribution in [2.75, 3.05) is 19.1 Å². The van der Waals surface area contributed by atoms with Gasteiger partial charge in [0.15, 0.2) is 5.78 Å². The van der Waals surface area contributed by atoms with Crippen LogP contribution in [0, 0.1) is 12.9 Å². The molecule has 3 aromatic rings. The number of nitrogens with zero attached hydrogens (tertiary/aromatic N) is 2. The maximum atomic E-state index is 13.2. The average Bonchev–Trinajstić information content (AvgIpc) is 2.82. The predicted octanol–water partition coefficient (Wildman–Crippen LogP) is 5.39. The number of benzene rings is 2. The zero-order valence-corrected chi connectivity index (χ0v) is 18.8. The number of methoxy groups -OCH3 is 1. The van der Waals surface area contributed by atoms with Crippen LogP contribution < -0.4 is 9.64 Å². The highest BCUT2D eigenvalue weighted by Crippen LogP contribution is 2.32. The standard InChI is InChI=1S/C26H27FN2O3/c1-5-26(31)29(3)21-11-6-19(7-12-21)22-13-8-20(16-24(22)32-4)23(30)14-9-18-10-15-25(27)28-17(18)2/h6-8,10-13,15-16H,5,9,14H2,1-4H3. The van der Waals surface area contributed by atoms with Gasteiger partial charge in [-0.1, -0.05) is 31.2 Å². The van der Waals surface area contributed by atoms with Crippen molar-refractivity contribution in [3.63, 3.8) is 0 Å². The SMILES string of the molecule is CCC(=O)N(C)c1ccc(-c2ccc(C(=O)CCc3ccc(F)nc3C)cc2OC)cc1. The van der Waals surface area contributed by atoms with Gasteiger partial charge in [0.1, 0.15) is 5.75 Å². The molecule has 32 heavy (non-hydrogen) atoms. The number of carbonyl (C=O) groups excluding carboxylic acids is 2. The largest absolute Gasteiger partial charge is 0.496 e. The van der Waals surface area contributed by atoms with E-state index in [0.29, 0.717) is 36.3 Å². The minimum absolute atomic E-state index is 0.0198. The molecule has 1 heterocycles. The zero-order chi connectivity index (χ0) is 23.3. The molecule has 0 aliphatic carbocycles. The van der Waals surface area contributed by atoms with Gasteiger partial charge in [0.2, 0.25) is 11.9 Å². The number of carbonyl (C=O) groups is 2. The third kappa shape index (κ3) is 5.19. The van der Waals surface area contributed by atoms with Crippen LogP contribution in [0.25, 0.3) is 11.1 Å². The summed E-state index contributed by atoms with van der Waals surface area (Å²) in [7, 11) is 3.33. The first kappa shape index (κ1) is 23.1. The van der Waals surface area contributed by atoms with Crippen LogP contribution in [0.3, 0.4) is 0 Å². The Labute approximate surface area is 187 Å². The molecule has 0 spiro atoms. The minimum Gasteiger partial charge on any atom is -0.496 e. The second-order valence-corrected chi connectivity index (χ2v) is 7.57. The summed E-state index contributed by atoms with van der Waals surface area (Å²) in [6, 6.07) is 16.0. The number of anilines is 1. The summed E-state index contributed by atoms with van der Waals surface area (Å²) in [5, 5.41) is 0. The molecule has 0 saturated heterocycles. The summed E-state index contributed by atoms with van der Waals surface area (Å²) in [5.74, 6) is 0.106. The van der Waals surface area contributed by atoms with E-state index in [0.717, 1.165) is 22.4 Å². The van der Waals surface area contributed by atoms with Crippen LogP contribution in [0.4, 0.5) is 10.1 Å². The molecule has 0 saturated carbocycles. The molecule has 0 atom stereocenters. The monoisotopic (exact) mass is 434 g/mol. The van der Waals surface area contributed by atoms with E-state index >= 15 is 0 Å². The van der Waals surface area contributed by atoms with E-state index in [2.05, 4.69) is 4.98 Å². The van der Waals surface area contributed by atoms with Crippen molar-refractivity contribution < 1.29 is 18.7 Å². The van der Waals surface area contributed by atoms with Gasteiger partial charge in [0.25, 0.3) is 0 Å². The molecule has 1 aromatic heterocycles. The maximum absolute atomic E-state index is 13.2. The third-order valence-electron chi connectivity index (χ3n) is 5.55. The molecule has 6 heteroatoms. The lowest BCUT2D eigenvalue weighted by molar-refractivity contribution is -0.118. The van der Waals surface area contributed by atoms with Gasteiger partial charge in [-0.3, -0.25) is 9.59 Å². The van der Waals surface area contributed by atoms with Crippen LogP contribution in [0.2, 0.25) is 0 Å². The Bertz CT molecular complexity index is 1130. The number of halogens is 1. The summed E-state index contributed by atoms with van der Waals surface area (Å²) in [6.45, 7) is 3.57. The molecular weight excluding hydrogens is 407 g/mol. The number of hydrogen-bond donors (Lipinski definition) is 0. The van der Waals surface area contributed by atoms with Gasteiger partial charge in [-0.2, -0.15) is 4.39 Å². The van der Waals surface area contributed by atoms with E-state index in [-0.39, 0.29) is 11.7 Å². The maximum Gasteiger partial charge on any atom is 0.226 e. The first-order valence-electron chi connectivity index (χ1n) is 10.5. The number of amides is 1. The normalized spacial score (nSPS) is 10.7. The number of hydrogen-bond acceptors (Lipinski definition) is 4. The highest BCUT2D eigenvalue weighted by Gasteiger charge is 2.14. The van der Waals surface area contributed by atoms with Crippen molar-refractivity contribution in [3.8, 4) is 16.9 Å². The van der Waals surface area contributed by atoms with E-state index in [1.807, 2.05) is 37.3 Å². The van der Waals surface area contributed by atoms with Gasteiger partial charge in [-0.15, -0.1) is 0 Å². The first-order valence-corrected chi connectivity index (χ1v) is 10.5. The first-order chi connectivity index (χ1) is 15.3. The molecular formula is C26H27FN2O3. The van der Waals surface area contributed by atoms with Crippen LogP contribution in [-0.2, 0) is 11.2 Å². The second kappa shape index (κ2) is 10.2. The number of aromatic nitrogens is 1. The van der Waals surface area contributed by atoms with Crippen molar-refractivity contribution in [1.82, 2.24) is 4.98 Å². The van der Waals surface area contributed by atoms with E-state index in [4.69, 9.17) is 4.74 Å². The van der Waals surface area contributed by atoms with E-state index in [1.54, 1.807) is 44.2 Å². The highest BCUT2D eigenvalue weighted by atomic mass is 19.1. The summed E-state index contributed by atoms with van der Waals surface area (Å²) >= 11 is 0. The smallest absolute Gasteiger partial charge is 0.226 e. The Morgan fingerprint density at radius 2 is 1.78 bits per heavy atom. The summed E-state index contributed by atoms with van der Waals surface area (Å²) in [6.07, 6.45) is 1.23. The highest BCUT2D eigenvalue weighted by molar-refractivity contribution is 5.97.